The first-order valence-electron chi connectivity index (χ1n) is 11.5. The molecule has 0 bridgehead atoms. The van der Waals surface area contributed by atoms with Crippen molar-refractivity contribution in [2.45, 2.75) is 104 Å². The summed E-state index contributed by atoms with van der Waals surface area (Å²) in [6.07, 6.45) is 17.2. The molecule has 158 valence electrons. The average Bonchev–Trinajstić information content (AvgIpc) is 2.96. The maximum Gasteiger partial charge on any atom is 0.303 e. The van der Waals surface area contributed by atoms with E-state index in [4.69, 9.17) is 5.11 Å². The Bertz CT molecular complexity index is 630. The summed E-state index contributed by atoms with van der Waals surface area (Å²) in [5.74, 6) is 0.775. The number of rotatable bonds is 6. The Balaban J connectivity index is 1.68. The molecule has 0 spiro atoms. The standard InChI is InChI=1S/C25H40O3/c1-24(2)16-14-21(26)17-20(24)11-10-18-7-6-15-25(3)19(12-13-22(18)25)8-4-5-9-23(27)28/h10-11,19,21-22,26H,4-9,12-17H2,1-3H3,(H,27,28)/b18-10+,20-11-/t19-,21-,22-,25+/m0/s1. The highest BCUT2D eigenvalue weighted by molar-refractivity contribution is 5.66. The Morgan fingerprint density at radius 3 is 2.64 bits per heavy atom. The van der Waals surface area contributed by atoms with Gasteiger partial charge in [-0.3, -0.25) is 4.79 Å². The number of hydrogen-bond donors (Lipinski definition) is 2. The van der Waals surface area contributed by atoms with E-state index >= 15 is 0 Å². The molecule has 0 amide bonds. The number of carboxylic acids is 1. The van der Waals surface area contributed by atoms with E-state index in [1.165, 1.54) is 44.1 Å². The van der Waals surface area contributed by atoms with Gasteiger partial charge < -0.3 is 10.2 Å². The molecule has 3 heteroatoms. The van der Waals surface area contributed by atoms with Crippen LogP contribution in [0.2, 0.25) is 0 Å². The van der Waals surface area contributed by atoms with Crippen LogP contribution in [0.25, 0.3) is 0 Å². The molecule has 0 saturated heterocycles. The highest BCUT2D eigenvalue weighted by Crippen LogP contribution is 2.58. The summed E-state index contributed by atoms with van der Waals surface area (Å²) in [7, 11) is 0. The molecule has 0 aromatic rings. The van der Waals surface area contributed by atoms with Gasteiger partial charge in [0.15, 0.2) is 0 Å². The number of fused-ring (bicyclic) bond motifs is 1. The maximum absolute atomic E-state index is 10.8. The zero-order chi connectivity index (χ0) is 20.4. The summed E-state index contributed by atoms with van der Waals surface area (Å²) in [4.78, 5) is 10.8. The van der Waals surface area contributed by atoms with Crippen molar-refractivity contribution in [3.8, 4) is 0 Å². The van der Waals surface area contributed by atoms with Crippen molar-refractivity contribution in [2.75, 3.05) is 0 Å². The van der Waals surface area contributed by atoms with Crippen molar-refractivity contribution in [3.63, 3.8) is 0 Å². The predicted molar refractivity (Wildman–Crippen MR) is 114 cm³/mol. The van der Waals surface area contributed by atoms with Crippen LogP contribution in [-0.2, 0) is 4.79 Å². The third kappa shape index (κ3) is 4.72. The molecular weight excluding hydrogens is 348 g/mol. The first-order chi connectivity index (χ1) is 13.2. The lowest BCUT2D eigenvalue weighted by molar-refractivity contribution is -0.137. The maximum atomic E-state index is 10.8. The third-order valence-electron chi connectivity index (χ3n) is 8.28. The van der Waals surface area contributed by atoms with Crippen LogP contribution in [0, 0.1) is 22.7 Å². The number of hydrogen-bond acceptors (Lipinski definition) is 2. The van der Waals surface area contributed by atoms with E-state index in [2.05, 4.69) is 32.9 Å². The summed E-state index contributed by atoms with van der Waals surface area (Å²) < 4.78 is 0. The normalized spacial score (nSPS) is 37.9. The van der Waals surface area contributed by atoms with Crippen molar-refractivity contribution in [3.05, 3.63) is 23.3 Å². The lowest BCUT2D eigenvalue weighted by atomic mass is 9.62. The smallest absolute Gasteiger partial charge is 0.303 e. The SMILES string of the molecule is CC1(C)CC[C@H](O)C/C1=C/C=C1\CCC[C@]2(C)[C@@H](CCCCC(=O)O)CC[C@@H]12. The zero-order valence-electron chi connectivity index (χ0n) is 18.2. The van der Waals surface area contributed by atoms with Crippen LogP contribution in [0.1, 0.15) is 97.8 Å². The first kappa shape index (κ1) is 21.6. The number of aliphatic carboxylic acids is 1. The van der Waals surface area contributed by atoms with Gasteiger partial charge in [-0.05, 0) is 86.9 Å². The second-order valence-corrected chi connectivity index (χ2v) is 10.5. The molecule has 4 atom stereocenters. The second kappa shape index (κ2) is 8.73. The lowest BCUT2D eigenvalue weighted by Gasteiger charge is -2.42. The molecule has 3 nitrogen and oxygen atoms in total. The molecule has 0 radical (unpaired) electrons. The van der Waals surface area contributed by atoms with Gasteiger partial charge in [0.25, 0.3) is 0 Å². The molecule has 3 saturated carbocycles. The van der Waals surface area contributed by atoms with Crippen LogP contribution in [0.3, 0.4) is 0 Å². The molecule has 0 unspecified atom stereocenters. The number of unbranched alkanes of at least 4 members (excludes halogenated alkanes) is 1. The Morgan fingerprint density at radius 2 is 1.89 bits per heavy atom. The molecule has 28 heavy (non-hydrogen) atoms. The molecule has 3 aliphatic rings. The largest absolute Gasteiger partial charge is 0.481 e. The fraction of sp³-hybridized carbons (Fsp3) is 0.800. The molecular formula is C25H40O3. The lowest BCUT2D eigenvalue weighted by Crippen LogP contribution is -2.33. The Morgan fingerprint density at radius 1 is 1.11 bits per heavy atom. The van der Waals surface area contributed by atoms with Gasteiger partial charge in [0.05, 0.1) is 6.10 Å². The van der Waals surface area contributed by atoms with E-state index in [0.717, 1.165) is 38.0 Å². The summed E-state index contributed by atoms with van der Waals surface area (Å²) >= 11 is 0. The molecule has 0 aromatic heterocycles. The van der Waals surface area contributed by atoms with Crippen molar-refractivity contribution in [1.29, 1.82) is 0 Å². The fourth-order valence-corrected chi connectivity index (χ4v) is 6.31. The molecule has 0 heterocycles. The molecule has 0 aliphatic heterocycles. The summed E-state index contributed by atoms with van der Waals surface area (Å²) in [6.45, 7) is 7.13. The zero-order valence-corrected chi connectivity index (χ0v) is 18.2. The van der Waals surface area contributed by atoms with E-state index < -0.39 is 5.97 Å². The van der Waals surface area contributed by atoms with Gasteiger partial charge in [-0.15, -0.1) is 0 Å². The average molecular weight is 389 g/mol. The molecule has 3 fully saturated rings. The van der Waals surface area contributed by atoms with E-state index in [9.17, 15) is 9.90 Å². The van der Waals surface area contributed by atoms with Crippen LogP contribution in [-0.4, -0.2) is 22.3 Å². The predicted octanol–water partition coefficient (Wildman–Crippen LogP) is 6.27. The highest BCUT2D eigenvalue weighted by Gasteiger charge is 2.48. The monoisotopic (exact) mass is 388 g/mol. The molecule has 0 aromatic carbocycles. The van der Waals surface area contributed by atoms with Crippen molar-refractivity contribution >= 4 is 5.97 Å². The van der Waals surface area contributed by atoms with E-state index in [1.807, 2.05) is 0 Å². The van der Waals surface area contributed by atoms with Gasteiger partial charge in [-0.1, -0.05) is 50.5 Å². The third-order valence-corrected chi connectivity index (χ3v) is 8.28. The van der Waals surface area contributed by atoms with Gasteiger partial charge >= 0.3 is 5.97 Å². The minimum atomic E-state index is -0.665. The Hall–Kier alpha value is -1.09. The number of allylic oxidation sites excluding steroid dienone is 3. The fourth-order valence-electron chi connectivity index (χ4n) is 6.31. The van der Waals surface area contributed by atoms with Crippen LogP contribution >= 0.6 is 0 Å². The minimum Gasteiger partial charge on any atom is -0.481 e. The Kier molecular flexibility index (Phi) is 6.74. The van der Waals surface area contributed by atoms with Crippen LogP contribution < -0.4 is 0 Å². The second-order valence-electron chi connectivity index (χ2n) is 10.5. The van der Waals surface area contributed by atoms with Gasteiger partial charge in [-0.25, -0.2) is 0 Å². The first-order valence-corrected chi connectivity index (χ1v) is 11.5. The highest BCUT2D eigenvalue weighted by atomic mass is 16.4. The van der Waals surface area contributed by atoms with E-state index in [0.29, 0.717) is 17.8 Å². The molecule has 2 N–H and O–H groups in total. The van der Waals surface area contributed by atoms with Crippen LogP contribution in [0.4, 0.5) is 0 Å². The Labute approximate surface area is 171 Å². The topological polar surface area (TPSA) is 57.5 Å². The number of aliphatic hydroxyl groups excluding tert-OH is 1. The van der Waals surface area contributed by atoms with E-state index in [-0.39, 0.29) is 11.5 Å². The summed E-state index contributed by atoms with van der Waals surface area (Å²) in [5.41, 5.74) is 3.64. The number of carbonyl (C=O) groups is 1. The van der Waals surface area contributed by atoms with Crippen molar-refractivity contribution in [2.24, 2.45) is 22.7 Å². The minimum absolute atomic E-state index is 0.170. The van der Waals surface area contributed by atoms with Crippen LogP contribution in [0.15, 0.2) is 23.3 Å². The summed E-state index contributed by atoms with van der Waals surface area (Å²) in [5, 5.41) is 19.0. The van der Waals surface area contributed by atoms with Gasteiger partial charge in [0.1, 0.15) is 0 Å². The molecule has 3 aliphatic carbocycles. The van der Waals surface area contributed by atoms with Gasteiger partial charge in [0, 0.05) is 6.42 Å². The molecule has 3 rings (SSSR count). The summed E-state index contributed by atoms with van der Waals surface area (Å²) in [6, 6.07) is 0. The number of aliphatic hydroxyl groups is 1. The van der Waals surface area contributed by atoms with Crippen LogP contribution in [0.5, 0.6) is 0 Å². The quantitative estimate of drug-likeness (QED) is 0.527. The van der Waals surface area contributed by atoms with Gasteiger partial charge in [-0.2, -0.15) is 0 Å². The van der Waals surface area contributed by atoms with Gasteiger partial charge in [0.2, 0.25) is 0 Å². The van der Waals surface area contributed by atoms with Crippen molar-refractivity contribution < 1.29 is 15.0 Å². The van der Waals surface area contributed by atoms with Crippen molar-refractivity contribution in [1.82, 2.24) is 0 Å². The van der Waals surface area contributed by atoms with E-state index in [1.54, 1.807) is 5.57 Å². The number of carboxylic acid groups (broad SMARTS) is 1.